The molecule has 0 spiro atoms. The van der Waals surface area contributed by atoms with E-state index in [0.717, 1.165) is 41.2 Å². The second-order valence-corrected chi connectivity index (χ2v) is 6.63. The van der Waals surface area contributed by atoms with Crippen LogP contribution in [0.4, 0.5) is 0 Å². The highest BCUT2D eigenvalue weighted by atomic mass is 35.5. The van der Waals surface area contributed by atoms with Crippen LogP contribution in [0.5, 0.6) is 0 Å². The predicted octanol–water partition coefficient (Wildman–Crippen LogP) is 0.0581. The zero-order valence-electron chi connectivity index (χ0n) is 13.2. The Balaban J connectivity index is 1.90. The molecule has 0 radical (unpaired) electrons. The monoisotopic (exact) mass is 322 g/mol. The van der Waals surface area contributed by atoms with E-state index in [1.807, 2.05) is 19.1 Å². The number of aryl methyl sites for hydroxylation is 1. The highest BCUT2D eigenvalue weighted by molar-refractivity contribution is 6.32. The van der Waals surface area contributed by atoms with Crippen molar-refractivity contribution in [3.63, 3.8) is 0 Å². The molecule has 0 saturated carbocycles. The lowest BCUT2D eigenvalue weighted by Crippen LogP contribution is -3.27. The fraction of sp³-hybridized carbons (Fsp3) is 0.471. The lowest BCUT2D eigenvalue weighted by Gasteiger charge is -2.29. The van der Waals surface area contributed by atoms with Crippen LogP contribution in [0.1, 0.15) is 18.1 Å². The summed E-state index contributed by atoms with van der Waals surface area (Å²) < 4.78 is 5.33. The van der Waals surface area contributed by atoms with Gasteiger partial charge in [0, 0.05) is 22.0 Å². The van der Waals surface area contributed by atoms with Gasteiger partial charge < -0.3 is 14.2 Å². The minimum atomic E-state index is -0.276. The predicted molar refractivity (Wildman–Crippen MR) is 87.9 cm³/mol. The smallest absolute Gasteiger partial charge is 0.336 e. The molecule has 1 fully saturated rings. The standard InChI is InChI=1S/C17H21ClN2O2/c1-3-19-4-6-20(7-5-19)11-13-9-17(21)22-16-8-12(2)15(18)10-14(13)16/h8-10H,3-7,11H2,1-2H3/p+2. The molecule has 0 atom stereocenters. The molecule has 0 bridgehead atoms. The molecule has 2 aromatic rings. The molecular formula is C17H23ClN2O2+2. The van der Waals surface area contributed by atoms with E-state index in [1.165, 1.54) is 24.5 Å². The number of halogens is 1. The third-order valence-corrected chi connectivity index (χ3v) is 5.12. The molecule has 1 aliphatic rings. The van der Waals surface area contributed by atoms with Crippen LogP contribution in [0.2, 0.25) is 5.02 Å². The molecule has 2 N–H and O–H groups in total. The number of likely N-dealkylation sites (N-methyl/N-ethyl adjacent to an activating group) is 1. The van der Waals surface area contributed by atoms with Crippen LogP contribution in [0.25, 0.3) is 11.0 Å². The van der Waals surface area contributed by atoms with Crippen molar-refractivity contribution in [3.8, 4) is 0 Å². The SMILES string of the molecule is CC[NH+]1CC[NH+](Cc2cc(=O)oc3cc(C)c(Cl)cc23)CC1. The van der Waals surface area contributed by atoms with Gasteiger partial charge in [0.2, 0.25) is 0 Å². The van der Waals surface area contributed by atoms with Gasteiger partial charge in [-0.3, -0.25) is 0 Å². The van der Waals surface area contributed by atoms with Gasteiger partial charge in [0.05, 0.1) is 6.54 Å². The minimum Gasteiger partial charge on any atom is -0.423 e. The zero-order chi connectivity index (χ0) is 15.7. The summed E-state index contributed by atoms with van der Waals surface area (Å²) in [5.74, 6) is 0. The van der Waals surface area contributed by atoms with Crippen molar-refractivity contribution < 1.29 is 14.2 Å². The summed E-state index contributed by atoms with van der Waals surface area (Å²) in [6, 6.07) is 5.41. The van der Waals surface area contributed by atoms with Crippen LogP contribution in [0, 0.1) is 6.92 Å². The molecule has 0 unspecified atom stereocenters. The average Bonchev–Trinajstić information content (AvgIpc) is 2.50. The first-order chi connectivity index (χ1) is 10.6. The van der Waals surface area contributed by atoms with Gasteiger partial charge in [0.1, 0.15) is 38.3 Å². The maximum atomic E-state index is 11.8. The first-order valence-corrected chi connectivity index (χ1v) is 8.34. The third kappa shape index (κ3) is 3.19. The zero-order valence-corrected chi connectivity index (χ0v) is 13.9. The van der Waals surface area contributed by atoms with Gasteiger partial charge in [-0.1, -0.05) is 11.6 Å². The fourth-order valence-electron chi connectivity index (χ4n) is 3.25. The van der Waals surface area contributed by atoms with Crippen LogP contribution >= 0.6 is 11.6 Å². The molecule has 0 aliphatic carbocycles. The number of hydrogen-bond acceptors (Lipinski definition) is 2. The van der Waals surface area contributed by atoms with Crippen molar-refractivity contribution in [2.45, 2.75) is 20.4 Å². The number of benzene rings is 1. The average molecular weight is 323 g/mol. The molecule has 1 saturated heterocycles. The number of piperazine rings is 1. The van der Waals surface area contributed by atoms with Crippen molar-refractivity contribution in [2.75, 3.05) is 32.7 Å². The second kappa shape index (κ2) is 6.41. The van der Waals surface area contributed by atoms with Crippen molar-refractivity contribution in [3.05, 3.63) is 44.8 Å². The van der Waals surface area contributed by atoms with Crippen molar-refractivity contribution in [2.24, 2.45) is 0 Å². The summed E-state index contributed by atoms with van der Waals surface area (Å²) in [5.41, 5.74) is 2.34. The number of fused-ring (bicyclic) bond motifs is 1. The molecule has 5 heteroatoms. The molecule has 3 rings (SSSR count). The summed E-state index contributed by atoms with van der Waals surface area (Å²) in [6.45, 7) is 10.9. The lowest BCUT2D eigenvalue weighted by molar-refractivity contribution is -1.02. The number of hydrogen-bond donors (Lipinski definition) is 2. The van der Waals surface area contributed by atoms with Gasteiger partial charge in [-0.2, -0.15) is 0 Å². The summed E-state index contributed by atoms with van der Waals surface area (Å²) in [4.78, 5) is 15.0. The van der Waals surface area contributed by atoms with Crippen LogP contribution in [0.15, 0.2) is 27.4 Å². The van der Waals surface area contributed by atoms with E-state index >= 15 is 0 Å². The number of rotatable bonds is 3. The van der Waals surface area contributed by atoms with E-state index in [2.05, 4.69) is 6.92 Å². The van der Waals surface area contributed by atoms with E-state index < -0.39 is 0 Å². The molecule has 1 aromatic carbocycles. The fourth-order valence-corrected chi connectivity index (χ4v) is 3.41. The Morgan fingerprint density at radius 2 is 1.82 bits per heavy atom. The second-order valence-electron chi connectivity index (χ2n) is 6.22. The van der Waals surface area contributed by atoms with Crippen molar-refractivity contribution in [1.29, 1.82) is 0 Å². The third-order valence-electron chi connectivity index (χ3n) is 4.71. The topological polar surface area (TPSA) is 39.1 Å². The summed E-state index contributed by atoms with van der Waals surface area (Å²) in [6.07, 6.45) is 0. The van der Waals surface area contributed by atoms with Crippen molar-refractivity contribution in [1.82, 2.24) is 0 Å². The van der Waals surface area contributed by atoms with E-state index in [9.17, 15) is 4.79 Å². The van der Waals surface area contributed by atoms with Crippen LogP contribution in [-0.2, 0) is 6.54 Å². The number of nitrogens with one attached hydrogen (secondary N) is 2. The van der Waals surface area contributed by atoms with Gasteiger partial charge in [-0.05, 0) is 31.5 Å². The van der Waals surface area contributed by atoms with Gasteiger partial charge >= 0.3 is 5.63 Å². The highest BCUT2D eigenvalue weighted by Crippen LogP contribution is 2.24. The Hall–Kier alpha value is -1.36. The van der Waals surface area contributed by atoms with E-state index in [-0.39, 0.29) is 5.63 Å². The van der Waals surface area contributed by atoms with E-state index in [0.29, 0.717) is 5.58 Å². The Bertz CT molecular complexity index is 733. The molecule has 0 amide bonds. The molecule has 22 heavy (non-hydrogen) atoms. The Kier molecular flexibility index (Phi) is 4.52. The van der Waals surface area contributed by atoms with Crippen LogP contribution in [0.3, 0.4) is 0 Å². The van der Waals surface area contributed by atoms with Gasteiger partial charge in [0.15, 0.2) is 0 Å². The number of quaternary nitrogens is 2. The summed E-state index contributed by atoms with van der Waals surface area (Å²) >= 11 is 6.25. The Labute approximate surface area is 135 Å². The quantitative estimate of drug-likeness (QED) is 0.784. The lowest BCUT2D eigenvalue weighted by atomic mass is 10.1. The van der Waals surface area contributed by atoms with Gasteiger partial charge in [-0.25, -0.2) is 4.79 Å². The van der Waals surface area contributed by atoms with E-state index in [4.69, 9.17) is 16.0 Å². The first kappa shape index (κ1) is 15.5. The van der Waals surface area contributed by atoms with E-state index in [1.54, 1.807) is 11.0 Å². The van der Waals surface area contributed by atoms with Gasteiger partial charge in [0.25, 0.3) is 0 Å². The molecule has 2 heterocycles. The Morgan fingerprint density at radius 1 is 1.14 bits per heavy atom. The summed E-state index contributed by atoms with van der Waals surface area (Å²) in [5, 5.41) is 1.69. The Morgan fingerprint density at radius 3 is 2.50 bits per heavy atom. The van der Waals surface area contributed by atoms with Crippen LogP contribution in [-0.4, -0.2) is 32.7 Å². The summed E-state index contributed by atoms with van der Waals surface area (Å²) in [7, 11) is 0. The van der Waals surface area contributed by atoms with Crippen molar-refractivity contribution >= 4 is 22.6 Å². The first-order valence-electron chi connectivity index (χ1n) is 7.97. The maximum Gasteiger partial charge on any atom is 0.336 e. The normalized spacial score (nSPS) is 22.1. The molecular weight excluding hydrogens is 300 g/mol. The highest BCUT2D eigenvalue weighted by Gasteiger charge is 2.22. The van der Waals surface area contributed by atoms with Crippen LogP contribution < -0.4 is 15.4 Å². The maximum absolute atomic E-state index is 11.8. The molecule has 4 nitrogen and oxygen atoms in total. The van der Waals surface area contributed by atoms with Gasteiger partial charge in [-0.15, -0.1) is 0 Å². The largest absolute Gasteiger partial charge is 0.423 e. The molecule has 118 valence electrons. The molecule has 1 aromatic heterocycles. The molecule has 1 aliphatic heterocycles. The minimum absolute atomic E-state index is 0.276.